The monoisotopic (exact) mass is 296 g/mol. The van der Waals surface area contributed by atoms with Crippen LogP contribution in [0.1, 0.15) is 19.2 Å². The summed E-state index contributed by atoms with van der Waals surface area (Å²) in [5.41, 5.74) is 0.460. The first-order chi connectivity index (χ1) is 10.7. The van der Waals surface area contributed by atoms with Crippen LogP contribution in [-0.2, 0) is 16.0 Å². The van der Waals surface area contributed by atoms with E-state index in [4.69, 9.17) is 4.74 Å². The predicted molar refractivity (Wildman–Crippen MR) is 84.8 cm³/mol. The molecule has 0 aliphatic carbocycles. The summed E-state index contributed by atoms with van der Waals surface area (Å²) in [6.45, 7) is 2.12. The van der Waals surface area contributed by atoms with Crippen molar-refractivity contribution in [1.29, 1.82) is 0 Å². The summed E-state index contributed by atoms with van der Waals surface area (Å²) in [6.07, 6.45) is 0.562. The van der Waals surface area contributed by atoms with Crippen molar-refractivity contribution in [1.82, 2.24) is 9.97 Å². The Kier molecular flexibility index (Phi) is 3.87. The molecule has 3 rings (SSSR count). The molecule has 0 aliphatic heterocycles. The maximum absolute atomic E-state index is 12.4. The van der Waals surface area contributed by atoms with E-state index in [2.05, 4.69) is 9.97 Å². The predicted octanol–water partition coefficient (Wildman–Crippen LogP) is 2.57. The molecule has 22 heavy (non-hydrogen) atoms. The van der Waals surface area contributed by atoms with Gasteiger partial charge in [-0.15, -0.1) is 0 Å². The molecule has 1 aromatic heterocycles. The van der Waals surface area contributed by atoms with E-state index in [-0.39, 0.29) is 17.9 Å². The van der Waals surface area contributed by atoms with Crippen LogP contribution in [0.2, 0.25) is 0 Å². The van der Waals surface area contributed by atoms with Crippen LogP contribution in [0, 0.1) is 0 Å². The van der Waals surface area contributed by atoms with E-state index in [9.17, 15) is 9.59 Å². The third-order valence-corrected chi connectivity index (χ3v) is 3.52. The minimum absolute atomic E-state index is 0.180. The highest BCUT2D eigenvalue weighted by Crippen LogP contribution is 2.21. The zero-order valence-electron chi connectivity index (χ0n) is 12.3. The number of nitrogens with one attached hydrogen (secondary N) is 1. The molecule has 0 amide bonds. The number of benzene rings is 2. The zero-order chi connectivity index (χ0) is 15.5. The largest absolute Gasteiger partial charge is 0.466 e. The first kappa shape index (κ1) is 14.3. The highest BCUT2D eigenvalue weighted by Gasteiger charge is 2.09. The normalized spacial score (nSPS) is 11.0. The van der Waals surface area contributed by atoms with Crippen LogP contribution in [0.15, 0.2) is 41.2 Å². The number of carbonyl (C=O) groups is 1. The molecule has 0 spiro atoms. The molecule has 1 N–H and O–H groups in total. The maximum atomic E-state index is 12.4. The number of fused-ring (bicyclic) bond motifs is 3. The molecule has 0 bridgehead atoms. The lowest BCUT2D eigenvalue weighted by molar-refractivity contribution is -0.143. The van der Waals surface area contributed by atoms with Crippen molar-refractivity contribution < 1.29 is 9.53 Å². The van der Waals surface area contributed by atoms with E-state index in [1.165, 1.54) is 0 Å². The lowest BCUT2D eigenvalue weighted by atomic mass is 10.1. The van der Waals surface area contributed by atoms with Gasteiger partial charge < -0.3 is 9.72 Å². The topological polar surface area (TPSA) is 72.0 Å². The Balaban J connectivity index is 2.01. The Hall–Kier alpha value is -2.69. The molecular weight excluding hydrogens is 280 g/mol. The molecule has 3 aromatic rings. The zero-order valence-corrected chi connectivity index (χ0v) is 12.3. The minimum atomic E-state index is -0.288. The van der Waals surface area contributed by atoms with Crippen molar-refractivity contribution in [3.05, 3.63) is 52.6 Å². The molecule has 5 heteroatoms. The molecule has 0 radical (unpaired) electrons. The molecule has 112 valence electrons. The number of ether oxygens (including phenoxy) is 1. The van der Waals surface area contributed by atoms with Crippen molar-refractivity contribution in [2.24, 2.45) is 0 Å². The summed E-state index contributed by atoms with van der Waals surface area (Å²) in [5, 5.41) is 2.46. The van der Waals surface area contributed by atoms with Crippen LogP contribution >= 0.6 is 0 Å². The van der Waals surface area contributed by atoms with Gasteiger partial charge in [0.15, 0.2) is 0 Å². The Labute approximate surface area is 126 Å². The molecule has 0 unspecified atom stereocenters. The van der Waals surface area contributed by atoms with Crippen molar-refractivity contribution in [2.75, 3.05) is 6.61 Å². The Bertz CT molecular complexity index is 899. The van der Waals surface area contributed by atoms with E-state index < -0.39 is 0 Å². The van der Waals surface area contributed by atoms with Crippen LogP contribution < -0.4 is 5.56 Å². The SMILES string of the molecule is CCOC(=O)CCc1nc2ccc3ccccc3c2c(=O)[nH]1. The fourth-order valence-electron chi connectivity index (χ4n) is 2.53. The number of hydrogen-bond donors (Lipinski definition) is 1. The number of rotatable bonds is 4. The van der Waals surface area contributed by atoms with Gasteiger partial charge >= 0.3 is 5.97 Å². The van der Waals surface area contributed by atoms with Gasteiger partial charge in [-0.2, -0.15) is 0 Å². The summed E-state index contributed by atoms with van der Waals surface area (Å²) in [4.78, 5) is 31.0. The number of aromatic amines is 1. The van der Waals surface area contributed by atoms with Gasteiger partial charge in [0, 0.05) is 6.42 Å². The third-order valence-electron chi connectivity index (χ3n) is 3.52. The average molecular weight is 296 g/mol. The van der Waals surface area contributed by atoms with Gasteiger partial charge in [-0.25, -0.2) is 4.98 Å². The van der Waals surface area contributed by atoms with Crippen molar-refractivity contribution >= 4 is 27.6 Å². The van der Waals surface area contributed by atoms with Crippen molar-refractivity contribution in [3.63, 3.8) is 0 Å². The Morgan fingerprint density at radius 1 is 1.23 bits per heavy atom. The molecule has 2 aromatic carbocycles. The lowest BCUT2D eigenvalue weighted by Crippen LogP contribution is -2.14. The smallest absolute Gasteiger partial charge is 0.306 e. The van der Waals surface area contributed by atoms with Crippen LogP contribution in [0.5, 0.6) is 0 Å². The van der Waals surface area contributed by atoms with Gasteiger partial charge in [0.25, 0.3) is 5.56 Å². The molecule has 0 saturated carbocycles. The fourth-order valence-corrected chi connectivity index (χ4v) is 2.53. The molecule has 0 fully saturated rings. The quantitative estimate of drug-likeness (QED) is 0.593. The number of hydrogen-bond acceptors (Lipinski definition) is 4. The van der Waals surface area contributed by atoms with Crippen LogP contribution in [-0.4, -0.2) is 22.5 Å². The van der Waals surface area contributed by atoms with Crippen LogP contribution in [0.4, 0.5) is 0 Å². The standard InChI is InChI=1S/C17H16N2O3/c1-2-22-15(20)10-9-14-18-13-8-7-11-5-3-4-6-12(11)16(13)17(21)19-14/h3-8H,2,9-10H2,1H3,(H,18,19,21). The summed E-state index contributed by atoms with van der Waals surface area (Å²) < 4.78 is 4.88. The lowest BCUT2D eigenvalue weighted by Gasteiger charge is -2.05. The van der Waals surface area contributed by atoms with E-state index in [0.717, 1.165) is 10.8 Å². The second-order valence-electron chi connectivity index (χ2n) is 5.00. The number of aryl methyl sites for hydroxylation is 1. The molecular formula is C17H16N2O3. The number of aromatic nitrogens is 2. The molecule has 1 heterocycles. The first-order valence-corrected chi connectivity index (χ1v) is 7.25. The maximum Gasteiger partial charge on any atom is 0.306 e. The van der Waals surface area contributed by atoms with Gasteiger partial charge in [0.2, 0.25) is 0 Å². The Morgan fingerprint density at radius 2 is 2.05 bits per heavy atom. The van der Waals surface area contributed by atoms with Crippen molar-refractivity contribution in [2.45, 2.75) is 19.8 Å². The van der Waals surface area contributed by atoms with Gasteiger partial charge in [0.1, 0.15) is 5.82 Å². The van der Waals surface area contributed by atoms with Crippen LogP contribution in [0.25, 0.3) is 21.7 Å². The van der Waals surface area contributed by atoms with Gasteiger partial charge in [0.05, 0.1) is 23.9 Å². The summed E-state index contributed by atoms with van der Waals surface area (Å²) in [7, 11) is 0. The van der Waals surface area contributed by atoms with Gasteiger partial charge in [-0.05, 0) is 23.8 Å². The molecule has 0 saturated heterocycles. The number of esters is 1. The molecule has 5 nitrogen and oxygen atoms in total. The number of nitrogens with zero attached hydrogens (tertiary/aromatic N) is 1. The minimum Gasteiger partial charge on any atom is -0.466 e. The highest BCUT2D eigenvalue weighted by molar-refractivity contribution is 6.05. The second kappa shape index (κ2) is 5.97. The van der Waals surface area contributed by atoms with E-state index in [1.807, 2.05) is 36.4 Å². The highest BCUT2D eigenvalue weighted by atomic mass is 16.5. The number of H-pyrrole nitrogens is 1. The fraction of sp³-hybridized carbons (Fsp3) is 0.235. The van der Waals surface area contributed by atoms with Gasteiger partial charge in [-0.1, -0.05) is 30.3 Å². The second-order valence-corrected chi connectivity index (χ2v) is 5.00. The molecule has 0 aliphatic rings. The van der Waals surface area contributed by atoms with Crippen molar-refractivity contribution in [3.8, 4) is 0 Å². The van der Waals surface area contributed by atoms with Crippen LogP contribution in [0.3, 0.4) is 0 Å². The van der Waals surface area contributed by atoms with E-state index in [0.29, 0.717) is 29.8 Å². The Morgan fingerprint density at radius 3 is 2.86 bits per heavy atom. The number of carbonyl (C=O) groups excluding carboxylic acids is 1. The molecule has 0 atom stereocenters. The summed E-state index contributed by atoms with van der Waals surface area (Å²) >= 11 is 0. The average Bonchev–Trinajstić information content (AvgIpc) is 2.52. The van der Waals surface area contributed by atoms with E-state index in [1.54, 1.807) is 6.92 Å². The first-order valence-electron chi connectivity index (χ1n) is 7.25. The summed E-state index contributed by atoms with van der Waals surface area (Å²) in [6, 6.07) is 11.5. The van der Waals surface area contributed by atoms with Gasteiger partial charge in [-0.3, -0.25) is 9.59 Å². The van der Waals surface area contributed by atoms with E-state index >= 15 is 0 Å². The third kappa shape index (κ3) is 2.70. The summed E-state index contributed by atoms with van der Waals surface area (Å²) in [5.74, 6) is 0.213.